The summed E-state index contributed by atoms with van der Waals surface area (Å²) in [6.07, 6.45) is 7.77. The minimum Gasteiger partial charge on any atom is -0.472 e. The zero-order chi connectivity index (χ0) is 17.8. The van der Waals surface area contributed by atoms with Crippen LogP contribution in [0.3, 0.4) is 0 Å². The van der Waals surface area contributed by atoms with E-state index in [-0.39, 0.29) is 18.1 Å². The van der Waals surface area contributed by atoms with E-state index >= 15 is 0 Å². The fraction of sp³-hybridized carbons (Fsp3) is 0.500. The summed E-state index contributed by atoms with van der Waals surface area (Å²) in [5.74, 6) is 0.499. The molecular weight excluding hydrogens is 330 g/mol. The Hall–Kier alpha value is -2.18. The van der Waals surface area contributed by atoms with E-state index in [4.69, 9.17) is 9.15 Å². The predicted octanol–water partition coefficient (Wildman–Crippen LogP) is 2.01. The number of furan rings is 1. The average molecular weight is 355 g/mol. The van der Waals surface area contributed by atoms with Gasteiger partial charge >= 0.3 is 0 Å². The predicted molar refractivity (Wildman–Crippen MR) is 96.3 cm³/mol. The van der Waals surface area contributed by atoms with Gasteiger partial charge in [0.1, 0.15) is 6.10 Å². The molecule has 0 bridgehead atoms. The van der Waals surface area contributed by atoms with Crippen LogP contribution >= 0.6 is 0 Å². The van der Waals surface area contributed by atoms with E-state index in [2.05, 4.69) is 15.2 Å². The smallest absolute Gasteiger partial charge is 0.249 e. The summed E-state index contributed by atoms with van der Waals surface area (Å²) >= 11 is 0. The number of amides is 1. The van der Waals surface area contributed by atoms with E-state index in [1.54, 1.807) is 18.7 Å². The van der Waals surface area contributed by atoms with Gasteiger partial charge in [-0.15, -0.1) is 0 Å². The molecule has 0 saturated carbocycles. The van der Waals surface area contributed by atoms with Crippen LogP contribution in [0.4, 0.5) is 0 Å². The van der Waals surface area contributed by atoms with Crippen LogP contribution in [0.5, 0.6) is 0 Å². The second kappa shape index (κ2) is 8.01. The van der Waals surface area contributed by atoms with Crippen molar-refractivity contribution in [2.24, 2.45) is 5.92 Å². The van der Waals surface area contributed by atoms with Gasteiger partial charge in [-0.2, -0.15) is 0 Å². The van der Waals surface area contributed by atoms with E-state index in [0.717, 1.165) is 44.6 Å². The molecule has 0 radical (unpaired) electrons. The molecule has 2 saturated heterocycles. The Balaban J connectivity index is 1.23. The van der Waals surface area contributed by atoms with Gasteiger partial charge in [-0.3, -0.25) is 14.7 Å². The number of aromatic nitrogens is 1. The van der Waals surface area contributed by atoms with Crippen LogP contribution in [0.1, 0.15) is 24.1 Å². The summed E-state index contributed by atoms with van der Waals surface area (Å²) in [5.41, 5.74) is 2.17. The molecular formula is C20H25N3O3. The van der Waals surface area contributed by atoms with Crippen molar-refractivity contribution < 1.29 is 13.9 Å². The fourth-order valence-corrected chi connectivity index (χ4v) is 3.92. The Morgan fingerprint density at radius 2 is 2.31 bits per heavy atom. The van der Waals surface area contributed by atoms with Crippen LogP contribution in [0.15, 0.2) is 47.4 Å². The summed E-state index contributed by atoms with van der Waals surface area (Å²) in [6, 6.07) is 7.83. The molecule has 0 spiro atoms. The lowest BCUT2D eigenvalue weighted by atomic mass is 9.91. The van der Waals surface area contributed by atoms with E-state index in [1.807, 2.05) is 24.3 Å². The normalized spacial score (nSPS) is 25.8. The van der Waals surface area contributed by atoms with Crippen LogP contribution in [0.25, 0.3) is 0 Å². The van der Waals surface area contributed by atoms with Gasteiger partial charge in [-0.05, 0) is 43.5 Å². The molecule has 1 amide bonds. The monoisotopic (exact) mass is 355 g/mol. The summed E-state index contributed by atoms with van der Waals surface area (Å²) in [6.45, 7) is 3.40. The van der Waals surface area contributed by atoms with Crippen LogP contribution in [0.2, 0.25) is 0 Å². The molecule has 4 rings (SSSR count). The van der Waals surface area contributed by atoms with Gasteiger partial charge in [0, 0.05) is 43.5 Å². The zero-order valence-corrected chi connectivity index (χ0v) is 14.8. The van der Waals surface area contributed by atoms with Crippen LogP contribution in [0, 0.1) is 5.92 Å². The number of carbonyl (C=O) groups excluding carboxylic acids is 1. The second-order valence-electron chi connectivity index (χ2n) is 7.18. The minimum absolute atomic E-state index is 0.0108. The van der Waals surface area contributed by atoms with Crippen molar-refractivity contribution in [3.05, 3.63) is 54.2 Å². The van der Waals surface area contributed by atoms with Gasteiger partial charge in [0.15, 0.2) is 0 Å². The van der Waals surface area contributed by atoms with Crippen molar-refractivity contribution in [3.8, 4) is 0 Å². The van der Waals surface area contributed by atoms with E-state index in [0.29, 0.717) is 12.5 Å². The molecule has 26 heavy (non-hydrogen) atoms. The van der Waals surface area contributed by atoms with Crippen LogP contribution < -0.4 is 5.32 Å². The topological polar surface area (TPSA) is 67.6 Å². The number of ether oxygens (including phenoxy) is 1. The maximum Gasteiger partial charge on any atom is 0.249 e. The number of nitrogens with zero attached hydrogens (tertiary/aromatic N) is 2. The number of pyridine rings is 1. The van der Waals surface area contributed by atoms with Crippen LogP contribution in [-0.4, -0.2) is 47.6 Å². The quantitative estimate of drug-likeness (QED) is 0.859. The first-order valence-electron chi connectivity index (χ1n) is 9.34. The molecule has 138 valence electrons. The maximum atomic E-state index is 12.4. The molecule has 0 aromatic carbocycles. The highest BCUT2D eigenvalue weighted by atomic mass is 16.5. The van der Waals surface area contributed by atoms with Gasteiger partial charge < -0.3 is 14.5 Å². The molecule has 2 aliphatic heterocycles. The van der Waals surface area contributed by atoms with Crippen LogP contribution in [-0.2, 0) is 22.5 Å². The molecule has 2 aliphatic rings. The summed E-state index contributed by atoms with van der Waals surface area (Å²) in [7, 11) is 0. The maximum absolute atomic E-state index is 12.4. The number of fused-ring (bicyclic) bond motifs is 1. The summed E-state index contributed by atoms with van der Waals surface area (Å²) in [4.78, 5) is 19.1. The van der Waals surface area contributed by atoms with Gasteiger partial charge in [0.25, 0.3) is 0 Å². The lowest BCUT2D eigenvalue weighted by Crippen LogP contribution is -2.42. The summed E-state index contributed by atoms with van der Waals surface area (Å²) in [5, 5.41) is 3.00. The highest BCUT2D eigenvalue weighted by molar-refractivity contribution is 5.81. The van der Waals surface area contributed by atoms with Crippen molar-refractivity contribution in [3.63, 3.8) is 0 Å². The third kappa shape index (κ3) is 4.14. The molecule has 1 N–H and O–H groups in total. The number of rotatable bonds is 6. The average Bonchev–Trinajstić information content (AvgIpc) is 3.32. The molecule has 0 aliphatic carbocycles. The number of hydrogen-bond donors (Lipinski definition) is 1. The molecule has 2 fully saturated rings. The lowest BCUT2D eigenvalue weighted by Gasteiger charge is -2.33. The molecule has 2 aromatic heterocycles. The molecule has 3 atom stereocenters. The number of likely N-dealkylation sites (tertiary alicyclic amines) is 1. The van der Waals surface area contributed by atoms with Gasteiger partial charge in [0.2, 0.25) is 5.91 Å². The highest BCUT2D eigenvalue weighted by Gasteiger charge is 2.41. The number of nitrogens with one attached hydrogen (secondary N) is 1. The minimum atomic E-state index is -0.317. The van der Waals surface area contributed by atoms with Gasteiger partial charge in [0.05, 0.1) is 18.6 Å². The standard InChI is InChI=1S/C20H25N3O3/c24-20(22-8-4-17-3-1-2-7-21-17)18-11-16-5-9-23(13-19(16)26-18)12-15-6-10-25-14-15/h1-3,6-7,10,14,16,18-19H,4-5,8-9,11-13H2,(H,22,24)/t16-,18-,19+/m0/s1. The first-order chi connectivity index (χ1) is 12.8. The molecule has 4 heterocycles. The van der Waals surface area contributed by atoms with Crippen molar-refractivity contribution in [2.45, 2.75) is 38.0 Å². The molecule has 2 aromatic rings. The zero-order valence-electron chi connectivity index (χ0n) is 14.8. The first-order valence-corrected chi connectivity index (χ1v) is 9.34. The van der Waals surface area contributed by atoms with Gasteiger partial charge in [-0.25, -0.2) is 0 Å². The summed E-state index contributed by atoms with van der Waals surface area (Å²) < 4.78 is 11.2. The molecule has 6 heteroatoms. The molecule has 0 unspecified atom stereocenters. The first kappa shape index (κ1) is 17.2. The number of carbonyl (C=O) groups is 1. The SMILES string of the molecule is O=C(NCCc1ccccn1)[C@@H]1C[C@@H]2CCN(Cc3ccoc3)C[C@H]2O1. The largest absolute Gasteiger partial charge is 0.472 e. The second-order valence-corrected chi connectivity index (χ2v) is 7.18. The van der Waals surface area contributed by atoms with Crippen molar-refractivity contribution in [1.82, 2.24) is 15.2 Å². The van der Waals surface area contributed by atoms with Crippen molar-refractivity contribution in [1.29, 1.82) is 0 Å². The molecule has 6 nitrogen and oxygen atoms in total. The fourth-order valence-electron chi connectivity index (χ4n) is 3.92. The third-order valence-corrected chi connectivity index (χ3v) is 5.32. The Morgan fingerprint density at radius 3 is 3.12 bits per heavy atom. The number of piperidine rings is 1. The van der Waals surface area contributed by atoms with E-state index in [1.165, 1.54) is 5.56 Å². The van der Waals surface area contributed by atoms with E-state index < -0.39 is 0 Å². The Labute approximate surface area is 153 Å². The number of hydrogen-bond acceptors (Lipinski definition) is 5. The van der Waals surface area contributed by atoms with E-state index in [9.17, 15) is 4.79 Å². The highest BCUT2D eigenvalue weighted by Crippen LogP contribution is 2.33. The lowest BCUT2D eigenvalue weighted by molar-refractivity contribution is -0.132. The Kier molecular flexibility index (Phi) is 5.32. The Morgan fingerprint density at radius 1 is 1.35 bits per heavy atom. The van der Waals surface area contributed by atoms with Crippen molar-refractivity contribution >= 4 is 5.91 Å². The third-order valence-electron chi connectivity index (χ3n) is 5.32. The Bertz CT molecular complexity index is 704. The van der Waals surface area contributed by atoms with Crippen molar-refractivity contribution in [2.75, 3.05) is 19.6 Å². The van der Waals surface area contributed by atoms with Gasteiger partial charge in [-0.1, -0.05) is 6.07 Å².